The van der Waals surface area contributed by atoms with Gasteiger partial charge in [-0.1, -0.05) is 32.6 Å². The molecule has 1 aliphatic heterocycles. The first kappa shape index (κ1) is 16.8. The zero-order valence-corrected chi connectivity index (χ0v) is 13.5. The van der Waals surface area contributed by atoms with Crippen LogP contribution in [-0.4, -0.2) is 25.3 Å². The second kappa shape index (κ2) is 8.79. The van der Waals surface area contributed by atoms with Crippen molar-refractivity contribution in [2.24, 2.45) is 0 Å². The number of carbonyl (C=O) groups excluding carboxylic acids is 1. The SMILES string of the molecule is CCCCCCCC1COCCc2cc(N)ccc2C(=O)O1. The van der Waals surface area contributed by atoms with Crippen molar-refractivity contribution in [1.82, 2.24) is 0 Å². The first-order valence-electron chi connectivity index (χ1n) is 8.38. The van der Waals surface area contributed by atoms with E-state index in [0.717, 1.165) is 18.4 Å². The molecule has 1 aromatic rings. The molecule has 0 fully saturated rings. The number of esters is 1. The number of unbranched alkanes of at least 4 members (excludes halogenated alkanes) is 4. The van der Waals surface area contributed by atoms with Gasteiger partial charge >= 0.3 is 5.97 Å². The predicted molar refractivity (Wildman–Crippen MR) is 88.0 cm³/mol. The molecule has 1 atom stereocenters. The summed E-state index contributed by atoms with van der Waals surface area (Å²) in [5.74, 6) is -0.251. The van der Waals surface area contributed by atoms with Gasteiger partial charge in [0.1, 0.15) is 6.10 Å². The monoisotopic (exact) mass is 305 g/mol. The first-order valence-corrected chi connectivity index (χ1v) is 8.38. The second-order valence-corrected chi connectivity index (χ2v) is 5.97. The number of hydrogen-bond acceptors (Lipinski definition) is 4. The van der Waals surface area contributed by atoms with E-state index in [1.165, 1.54) is 25.7 Å². The Kier molecular flexibility index (Phi) is 6.72. The highest BCUT2D eigenvalue weighted by molar-refractivity contribution is 5.91. The molecule has 0 saturated heterocycles. The Balaban J connectivity index is 1.94. The summed E-state index contributed by atoms with van der Waals surface area (Å²) < 4.78 is 11.3. The maximum absolute atomic E-state index is 12.3. The summed E-state index contributed by atoms with van der Waals surface area (Å²) in [6.07, 6.45) is 7.46. The number of ether oxygens (including phenoxy) is 2. The highest BCUT2D eigenvalue weighted by Gasteiger charge is 2.21. The van der Waals surface area contributed by atoms with Crippen LogP contribution in [0.25, 0.3) is 0 Å². The van der Waals surface area contributed by atoms with Crippen LogP contribution in [0.3, 0.4) is 0 Å². The first-order chi connectivity index (χ1) is 10.7. The molecule has 0 spiro atoms. The third kappa shape index (κ3) is 5.02. The maximum Gasteiger partial charge on any atom is 0.338 e. The molecule has 2 N–H and O–H groups in total. The van der Waals surface area contributed by atoms with Gasteiger partial charge in [0, 0.05) is 5.69 Å². The Labute approximate surface area is 133 Å². The fourth-order valence-corrected chi connectivity index (χ4v) is 2.78. The van der Waals surface area contributed by atoms with Gasteiger partial charge < -0.3 is 15.2 Å². The van der Waals surface area contributed by atoms with Gasteiger partial charge in [-0.3, -0.25) is 0 Å². The Morgan fingerprint density at radius 2 is 2.05 bits per heavy atom. The van der Waals surface area contributed by atoms with E-state index in [9.17, 15) is 4.79 Å². The number of carbonyl (C=O) groups is 1. The molecular weight excluding hydrogens is 278 g/mol. The van der Waals surface area contributed by atoms with Crippen molar-refractivity contribution in [3.8, 4) is 0 Å². The van der Waals surface area contributed by atoms with Crippen molar-refractivity contribution in [2.75, 3.05) is 18.9 Å². The summed E-state index contributed by atoms with van der Waals surface area (Å²) >= 11 is 0. The average molecular weight is 305 g/mol. The molecule has 0 saturated carbocycles. The van der Waals surface area contributed by atoms with Gasteiger partial charge in [0.15, 0.2) is 0 Å². The van der Waals surface area contributed by atoms with Crippen LogP contribution < -0.4 is 5.73 Å². The van der Waals surface area contributed by atoms with Crippen LogP contribution in [0.1, 0.15) is 61.4 Å². The lowest BCUT2D eigenvalue weighted by atomic mass is 10.0. The third-order valence-electron chi connectivity index (χ3n) is 4.07. The smallest absolute Gasteiger partial charge is 0.338 e. The summed E-state index contributed by atoms with van der Waals surface area (Å²) in [7, 11) is 0. The number of rotatable bonds is 6. The number of cyclic esters (lactones) is 1. The molecule has 1 heterocycles. The normalized spacial score (nSPS) is 18.8. The Bertz CT molecular complexity index is 487. The predicted octanol–water partition coefficient (Wildman–Crippen LogP) is 3.73. The largest absolute Gasteiger partial charge is 0.456 e. The van der Waals surface area contributed by atoms with Gasteiger partial charge in [-0.2, -0.15) is 0 Å². The van der Waals surface area contributed by atoms with Crippen LogP contribution in [0.4, 0.5) is 5.69 Å². The molecule has 1 unspecified atom stereocenters. The van der Waals surface area contributed by atoms with Crippen molar-refractivity contribution >= 4 is 11.7 Å². The molecule has 1 aliphatic rings. The fraction of sp³-hybridized carbons (Fsp3) is 0.611. The summed E-state index contributed by atoms with van der Waals surface area (Å²) in [4.78, 5) is 12.3. The highest BCUT2D eigenvalue weighted by atomic mass is 16.6. The van der Waals surface area contributed by atoms with Gasteiger partial charge in [0.25, 0.3) is 0 Å². The van der Waals surface area contributed by atoms with E-state index in [2.05, 4.69) is 6.92 Å². The highest BCUT2D eigenvalue weighted by Crippen LogP contribution is 2.19. The van der Waals surface area contributed by atoms with Crippen LogP contribution in [0.5, 0.6) is 0 Å². The van der Waals surface area contributed by atoms with Gasteiger partial charge in [0.2, 0.25) is 0 Å². The molecule has 22 heavy (non-hydrogen) atoms. The number of anilines is 1. The zero-order chi connectivity index (χ0) is 15.8. The molecule has 0 bridgehead atoms. The van der Waals surface area contributed by atoms with Crippen LogP contribution in [0.2, 0.25) is 0 Å². The molecule has 0 radical (unpaired) electrons. The van der Waals surface area contributed by atoms with E-state index in [1.807, 2.05) is 6.07 Å². The molecule has 4 nitrogen and oxygen atoms in total. The van der Waals surface area contributed by atoms with Crippen LogP contribution >= 0.6 is 0 Å². The number of hydrogen-bond donors (Lipinski definition) is 1. The van der Waals surface area contributed by atoms with Gasteiger partial charge in [-0.25, -0.2) is 4.79 Å². The molecule has 1 aromatic carbocycles. The van der Waals surface area contributed by atoms with E-state index in [4.69, 9.17) is 15.2 Å². The quantitative estimate of drug-likeness (QED) is 0.494. The minimum Gasteiger partial charge on any atom is -0.456 e. The van der Waals surface area contributed by atoms with Gasteiger partial charge in [0.05, 0.1) is 18.8 Å². The number of benzene rings is 1. The van der Waals surface area contributed by atoms with Crippen molar-refractivity contribution in [3.05, 3.63) is 29.3 Å². The Morgan fingerprint density at radius 1 is 1.23 bits per heavy atom. The van der Waals surface area contributed by atoms with Crippen molar-refractivity contribution in [1.29, 1.82) is 0 Å². The minimum absolute atomic E-state index is 0.141. The zero-order valence-electron chi connectivity index (χ0n) is 13.5. The number of fused-ring (bicyclic) bond motifs is 1. The maximum atomic E-state index is 12.3. The second-order valence-electron chi connectivity index (χ2n) is 5.97. The van der Waals surface area contributed by atoms with Crippen LogP contribution in [0, 0.1) is 0 Å². The van der Waals surface area contributed by atoms with Crippen LogP contribution in [-0.2, 0) is 15.9 Å². The molecule has 122 valence electrons. The number of nitrogen functional groups attached to an aromatic ring is 1. The van der Waals surface area contributed by atoms with Crippen LogP contribution in [0.15, 0.2) is 18.2 Å². The molecule has 0 amide bonds. The summed E-state index contributed by atoms with van der Waals surface area (Å²) in [5.41, 5.74) is 7.99. The lowest BCUT2D eigenvalue weighted by Gasteiger charge is -2.17. The van der Waals surface area contributed by atoms with Crippen molar-refractivity contribution < 1.29 is 14.3 Å². The number of nitrogens with two attached hydrogens (primary N) is 1. The molecular formula is C18H27NO3. The van der Waals surface area contributed by atoms with Gasteiger partial charge in [-0.15, -0.1) is 0 Å². The third-order valence-corrected chi connectivity index (χ3v) is 4.07. The summed E-state index contributed by atoms with van der Waals surface area (Å²) in [6, 6.07) is 5.35. The van der Waals surface area contributed by atoms with E-state index >= 15 is 0 Å². The Morgan fingerprint density at radius 3 is 2.86 bits per heavy atom. The van der Waals surface area contributed by atoms with Crippen molar-refractivity contribution in [3.63, 3.8) is 0 Å². The minimum atomic E-state index is -0.251. The van der Waals surface area contributed by atoms with E-state index in [1.54, 1.807) is 12.1 Å². The summed E-state index contributed by atoms with van der Waals surface area (Å²) in [5, 5.41) is 0. The van der Waals surface area contributed by atoms with Crippen molar-refractivity contribution in [2.45, 2.75) is 58.0 Å². The summed E-state index contributed by atoms with van der Waals surface area (Å²) in [6.45, 7) is 3.29. The molecule has 0 aliphatic carbocycles. The van der Waals surface area contributed by atoms with E-state index < -0.39 is 0 Å². The van der Waals surface area contributed by atoms with E-state index in [0.29, 0.717) is 30.9 Å². The fourth-order valence-electron chi connectivity index (χ4n) is 2.78. The Hall–Kier alpha value is -1.55. The standard InChI is InChI=1S/C18H27NO3/c1-2-3-4-5-6-7-16-13-21-11-10-14-12-15(19)8-9-17(14)18(20)22-16/h8-9,12,16H,2-7,10-11,13,19H2,1H3. The molecule has 2 rings (SSSR count). The van der Waals surface area contributed by atoms with Gasteiger partial charge in [-0.05, 0) is 43.0 Å². The molecule has 0 aromatic heterocycles. The molecule has 4 heteroatoms. The average Bonchev–Trinajstić information content (AvgIpc) is 2.57. The topological polar surface area (TPSA) is 61.5 Å². The lowest BCUT2D eigenvalue weighted by Crippen LogP contribution is -2.23. The van der Waals surface area contributed by atoms with E-state index in [-0.39, 0.29) is 12.1 Å². The lowest BCUT2D eigenvalue weighted by molar-refractivity contribution is -0.00499.